The summed E-state index contributed by atoms with van der Waals surface area (Å²) in [7, 11) is 0. The minimum atomic E-state index is -1.13. The van der Waals surface area contributed by atoms with Crippen LogP contribution >= 0.6 is 0 Å². The van der Waals surface area contributed by atoms with E-state index < -0.39 is 59.9 Å². The van der Waals surface area contributed by atoms with E-state index in [1.165, 1.54) is 0 Å². The molecule has 1 aromatic carbocycles. The molecule has 5 unspecified atom stereocenters. The van der Waals surface area contributed by atoms with Crippen LogP contribution in [-0.4, -0.2) is 76.8 Å². The lowest BCUT2D eigenvalue weighted by atomic mass is 9.83. The lowest BCUT2D eigenvalue weighted by molar-refractivity contribution is -0.148. The Bertz CT molecular complexity index is 1290. The minimum absolute atomic E-state index is 0.0334. The van der Waals surface area contributed by atoms with Gasteiger partial charge in [-0.25, -0.2) is 4.79 Å². The number of likely N-dealkylation sites (tertiary alicyclic amines) is 1. The van der Waals surface area contributed by atoms with Crippen LogP contribution in [-0.2, 0) is 40.1 Å². The van der Waals surface area contributed by atoms with E-state index in [2.05, 4.69) is 16.0 Å². The Balaban J connectivity index is 1.41. The first-order valence-corrected chi connectivity index (χ1v) is 17.0. The second-order valence-corrected chi connectivity index (χ2v) is 14.0. The Morgan fingerprint density at radius 2 is 1.64 bits per heavy atom. The van der Waals surface area contributed by atoms with Crippen LogP contribution in [0.25, 0.3) is 0 Å². The van der Waals surface area contributed by atoms with Crippen molar-refractivity contribution in [3.05, 3.63) is 35.9 Å². The maximum atomic E-state index is 14.3. The van der Waals surface area contributed by atoms with Crippen LogP contribution in [0.2, 0.25) is 0 Å². The minimum Gasteiger partial charge on any atom is -0.460 e. The van der Waals surface area contributed by atoms with Crippen LogP contribution < -0.4 is 16.0 Å². The summed E-state index contributed by atoms with van der Waals surface area (Å²) in [6, 6.07) is 6.13. The molecule has 3 fully saturated rings. The van der Waals surface area contributed by atoms with Gasteiger partial charge in [0, 0.05) is 6.04 Å². The first-order valence-electron chi connectivity index (χ1n) is 17.0. The fourth-order valence-corrected chi connectivity index (χ4v) is 7.09. The van der Waals surface area contributed by atoms with Crippen LogP contribution in [0.3, 0.4) is 0 Å². The highest BCUT2D eigenvalue weighted by Crippen LogP contribution is 2.43. The van der Waals surface area contributed by atoms with Gasteiger partial charge in [-0.1, -0.05) is 62.9 Å². The molecule has 2 aliphatic carbocycles. The van der Waals surface area contributed by atoms with Gasteiger partial charge in [0.15, 0.2) is 0 Å². The molecule has 0 spiro atoms. The maximum Gasteiger partial charge on any atom is 0.408 e. The molecule has 1 heterocycles. The third kappa shape index (κ3) is 9.77. The second-order valence-electron chi connectivity index (χ2n) is 14.0. The van der Waals surface area contributed by atoms with Gasteiger partial charge in [-0.15, -0.1) is 0 Å². The van der Waals surface area contributed by atoms with Crippen molar-refractivity contribution in [2.75, 3.05) is 6.54 Å². The van der Waals surface area contributed by atoms with E-state index in [0.29, 0.717) is 12.8 Å². The summed E-state index contributed by atoms with van der Waals surface area (Å²) in [4.78, 5) is 80.8. The number of ketones is 1. The number of amides is 4. The number of carbonyl (C=O) groups is 6. The Kier molecular flexibility index (Phi) is 12.4. The third-order valence-electron chi connectivity index (χ3n) is 9.24. The normalized spacial score (nSPS) is 22.1. The molecule has 258 valence electrons. The molecule has 4 rings (SSSR count). The first-order chi connectivity index (χ1) is 22.4. The zero-order valence-corrected chi connectivity index (χ0v) is 28.0. The molecule has 3 N–H and O–H groups in total. The Hall–Kier alpha value is -3.96. The SMILES string of the molecule is CCCC(NC(=O)C1C2CCC(C2)N1C(=O)C(NC(=O)OC(C)(C)C)C1CCCCC1)C(=O)C(=O)NCC(=O)OCc1ccccc1. The summed E-state index contributed by atoms with van der Waals surface area (Å²) in [5.41, 5.74) is 0.0439. The molecule has 4 amide bonds. The van der Waals surface area contributed by atoms with Crippen LogP contribution in [0.4, 0.5) is 4.79 Å². The number of alkyl carbamates (subject to hydrolysis) is 1. The zero-order valence-electron chi connectivity index (χ0n) is 28.0. The van der Waals surface area contributed by atoms with E-state index in [9.17, 15) is 28.8 Å². The predicted octanol–water partition coefficient (Wildman–Crippen LogP) is 3.55. The number of hydrogen-bond donors (Lipinski definition) is 3. The number of fused-ring (bicyclic) bond motifs is 2. The third-order valence-corrected chi connectivity index (χ3v) is 9.24. The summed E-state index contributed by atoms with van der Waals surface area (Å²) in [5, 5.41) is 7.92. The molecular formula is C35H50N4O8. The van der Waals surface area contributed by atoms with Gasteiger partial charge >= 0.3 is 12.1 Å². The average molecular weight is 655 g/mol. The van der Waals surface area contributed by atoms with Gasteiger partial charge < -0.3 is 30.3 Å². The van der Waals surface area contributed by atoms with E-state index in [1.54, 1.807) is 37.8 Å². The topological polar surface area (TPSA) is 160 Å². The van der Waals surface area contributed by atoms with Gasteiger partial charge in [0.2, 0.25) is 17.6 Å². The number of Topliss-reactive ketones (excluding diaryl/α,β-unsaturated/α-hetero) is 1. The van der Waals surface area contributed by atoms with Gasteiger partial charge in [0.05, 0.1) is 6.04 Å². The molecule has 1 aliphatic heterocycles. The second kappa shape index (κ2) is 16.2. The highest BCUT2D eigenvalue weighted by atomic mass is 16.6. The van der Waals surface area contributed by atoms with Gasteiger partial charge in [0.1, 0.15) is 30.8 Å². The van der Waals surface area contributed by atoms with Crippen molar-refractivity contribution < 1.29 is 38.2 Å². The van der Waals surface area contributed by atoms with Crippen molar-refractivity contribution in [2.24, 2.45) is 11.8 Å². The molecule has 2 saturated carbocycles. The molecule has 3 aliphatic rings. The largest absolute Gasteiger partial charge is 0.460 e. The van der Waals surface area contributed by atoms with E-state index in [4.69, 9.17) is 9.47 Å². The average Bonchev–Trinajstić information content (AvgIpc) is 3.67. The Morgan fingerprint density at radius 3 is 2.30 bits per heavy atom. The Morgan fingerprint density at radius 1 is 0.936 bits per heavy atom. The van der Waals surface area contributed by atoms with Gasteiger partial charge in [-0.3, -0.25) is 24.0 Å². The number of nitrogens with one attached hydrogen (secondary N) is 3. The summed E-state index contributed by atoms with van der Waals surface area (Å²) < 4.78 is 10.7. The van der Waals surface area contributed by atoms with Crippen molar-refractivity contribution in [1.29, 1.82) is 0 Å². The molecule has 5 atom stereocenters. The van der Waals surface area contributed by atoms with Gasteiger partial charge in [-0.2, -0.15) is 0 Å². The number of hydrogen-bond acceptors (Lipinski definition) is 8. The molecular weight excluding hydrogens is 604 g/mol. The molecule has 47 heavy (non-hydrogen) atoms. The molecule has 0 aromatic heterocycles. The summed E-state index contributed by atoms with van der Waals surface area (Å²) in [5.74, 6) is -3.54. The number of rotatable bonds is 13. The fraction of sp³-hybridized carbons (Fsp3) is 0.657. The highest BCUT2D eigenvalue weighted by Gasteiger charge is 2.53. The molecule has 12 heteroatoms. The number of ether oxygens (including phenoxy) is 2. The number of esters is 1. The lowest BCUT2D eigenvalue weighted by Crippen LogP contribution is -2.61. The number of benzene rings is 1. The number of nitrogens with zero attached hydrogens (tertiary/aromatic N) is 1. The van der Waals surface area contributed by atoms with Crippen LogP contribution in [0.15, 0.2) is 30.3 Å². The van der Waals surface area contributed by atoms with Crippen molar-refractivity contribution in [1.82, 2.24) is 20.9 Å². The highest BCUT2D eigenvalue weighted by molar-refractivity contribution is 6.38. The standard InChI is InChI=1S/C35H50N4O8/c1-5-12-26(30(41)32(43)36-20-27(40)46-21-22-13-8-6-9-14-22)37-31(42)29-24-17-18-25(19-24)39(29)33(44)28(23-15-10-7-11-16-23)38-34(45)47-35(2,3)4/h6,8-9,13-14,23-26,28-29H,5,7,10-12,15-21H2,1-4H3,(H,36,43)(H,37,42)(H,38,45). The number of piperidine rings is 1. The van der Waals surface area contributed by atoms with Crippen LogP contribution in [0, 0.1) is 11.8 Å². The lowest BCUT2D eigenvalue weighted by Gasteiger charge is -2.40. The van der Waals surface area contributed by atoms with E-state index in [1.807, 2.05) is 25.1 Å². The quantitative estimate of drug-likeness (QED) is 0.215. The fourth-order valence-electron chi connectivity index (χ4n) is 7.09. The Labute approximate surface area is 277 Å². The molecule has 12 nitrogen and oxygen atoms in total. The molecule has 1 aromatic rings. The van der Waals surface area contributed by atoms with Gasteiger partial charge in [-0.05, 0) is 76.7 Å². The van der Waals surface area contributed by atoms with Gasteiger partial charge in [0.25, 0.3) is 5.91 Å². The van der Waals surface area contributed by atoms with Crippen LogP contribution in [0.5, 0.6) is 0 Å². The summed E-state index contributed by atoms with van der Waals surface area (Å²) >= 11 is 0. The number of carbonyl (C=O) groups excluding carboxylic acids is 6. The maximum absolute atomic E-state index is 14.3. The molecule has 2 bridgehead atoms. The van der Waals surface area contributed by atoms with Crippen LogP contribution in [0.1, 0.15) is 97.5 Å². The van der Waals surface area contributed by atoms with Crippen molar-refractivity contribution in [3.8, 4) is 0 Å². The predicted molar refractivity (Wildman–Crippen MR) is 173 cm³/mol. The van der Waals surface area contributed by atoms with E-state index in [0.717, 1.165) is 50.5 Å². The van der Waals surface area contributed by atoms with Crippen molar-refractivity contribution in [2.45, 2.75) is 128 Å². The smallest absolute Gasteiger partial charge is 0.408 e. The molecule has 1 saturated heterocycles. The van der Waals surface area contributed by atoms with E-state index >= 15 is 0 Å². The van der Waals surface area contributed by atoms with Crippen molar-refractivity contribution >= 4 is 35.6 Å². The monoisotopic (exact) mass is 654 g/mol. The summed E-state index contributed by atoms with van der Waals surface area (Å²) in [6.07, 6.45) is 6.76. The summed E-state index contributed by atoms with van der Waals surface area (Å²) in [6.45, 7) is 6.65. The molecule has 0 radical (unpaired) electrons. The van der Waals surface area contributed by atoms with E-state index in [-0.39, 0.29) is 36.8 Å². The zero-order chi connectivity index (χ0) is 34.1. The van der Waals surface area contributed by atoms with Crippen molar-refractivity contribution in [3.63, 3.8) is 0 Å². The first kappa shape index (κ1) is 35.9.